The van der Waals surface area contributed by atoms with E-state index in [4.69, 9.17) is 0 Å². The van der Waals surface area contributed by atoms with E-state index < -0.39 is 0 Å². The third-order valence-electron chi connectivity index (χ3n) is 5.49. The molecule has 1 amide bonds. The number of aryl methyl sites for hydroxylation is 3. The van der Waals surface area contributed by atoms with Crippen molar-refractivity contribution in [2.75, 3.05) is 11.4 Å². The first-order valence-corrected chi connectivity index (χ1v) is 9.51. The Kier molecular flexibility index (Phi) is 4.76. The summed E-state index contributed by atoms with van der Waals surface area (Å²) in [6.07, 6.45) is 5.88. The maximum atomic E-state index is 12.8. The first kappa shape index (κ1) is 17.5. The Balaban J connectivity index is 1.47. The number of hydrogen-bond donors (Lipinski definition) is 0. The van der Waals surface area contributed by atoms with Crippen LogP contribution in [0.4, 0.5) is 5.69 Å². The number of amides is 1. The van der Waals surface area contributed by atoms with Crippen LogP contribution in [0.15, 0.2) is 60.9 Å². The van der Waals surface area contributed by atoms with Crippen molar-refractivity contribution < 1.29 is 4.79 Å². The lowest BCUT2D eigenvalue weighted by atomic mass is 10.0. The van der Waals surface area contributed by atoms with Crippen LogP contribution in [0.2, 0.25) is 0 Å². The molecule has 0 saturated carbocycles. The average Bonchev–Trinajstić information content (AvgIpc) is 3.12. The lowest BCUT2D eigenvalue weighted by molar-refractivity contribution is -0.118. The number of fused-ring (bicyclic) bond motifs is 1. The number of nitrogens with zero attached hydrogens (tertiary/aromatic N) is 2. The zero-order valence-electron chi connectivity index (χ0n) is 15.9. The number of rotatable bonds is 4. The molecule has 3 aromatic rings. The number of benzene rings is 2. The fraction of sp³-hybridized carbons (Fsp3) is 0.250. The van der Waals surface area contributed by atoms with E-state index in [1.54, 1.807) is 0 Å². The molecule has 0 spiro atoms. The van der Waals surface area contributed by atoms with Gasteiger partial charge in [0.1, 0.15) is 0 Å². The second-order valence-corrected chi connectivity index (χ2v) is 7.29. The molecule has 3 nitrogen and oxygen atoms in total. The maximum absolute atomic E-state index is 12.8. The Morgan fingerprint density at radius 2 is 1.78 bits per heavy atom. The summed E-state index contributed by atoms with van der Waals surface area (Å²) in [4.78, 5) is 18.8. The summed E-state index contributed by atoms with van der Waals surface area (Å²) >= 11 is 0. The molecule has 1 aliphatic rings. The summed E-state index contributed by atoms with van der Waals surface area (Å²) in [5.74, 6) is 0.212. The fourth-order valence-corrected chi connectivity index (χ4v) is 3.73. The average molecular weight is 356 g/mol. The van der Waals surface area contributed by atoms with Gasteiger partial charge in [0.25, 0.3) is 0 Å². The van der Waals surface area contributed by atoms with Gasteiger partial charge in [-0.25, -0.2) is 0 Å². The van der Waals surface area contributed by atoms with Crippen molar-refractivity contribution in [2.45, 2.75) is 33.1 Å². The van der Waals surface area contributed by atoms with Crippen LogP contribution in [-0.4, -0.2) is 17.4 Å². The minimum Gasteiger partial charge on any atom is -0.312 e. The van der Waals surface area contributed by atoms with Crippen LogP contribution < -0.4 is 4.90 Å². The third kappa shape index (κ3) is 3.63. The van der Waals surface area contributed by atoms with Gasteiger partial charge in [-0.2, -0.15) is 0 Å². The molecule has 1 aromatic heterocycles. The summed E-state index contributed by atoms with van der Waals surface area (Å²) in [5, 5.41) is 0. The molecule has 27 heavy (non-hydrogen) atoms. The van der Waals surface area contributed by atoms with E-state index in [0.717, 1.165) is 30.6 Å². The monoisotopic (exact) mass is 356 g/mol. The molecule has 0 fully saturated rings. The van der Waals surface area contributed by atoms with Crippen molar-refractivity contribution >= 4 is 11.6 Å². The second kappa shape index (κ2) is 7.36. The minimum atomic E-state index is 0.212. The molecule has 136 valence electrons. The standard InChI is InChI=1S/C24H24N2O/c1-17-3-4-19(15-18(17)2)5-8-24(27)26-14-11-22-16-21(6-7-23(22)26)20-9-12-25-13-10-20/h3-4,6-7,9-10,12-13,15-16H,5,8,11,14H2,1-2H3. The predicted molar refractivity (Wildman–Crippen MR) is 110 cm³/mol. The van der Waals surface area contributed by atoms with Crippen LogP contribution >= 0.6 is 0 Å². The highest BCUT2D eigenvalue weighted by Gasteiger charge is 2.24. The molecule has 2 aromatic carbocycles. The van der Waals surface area contributed by atoms with E-state index in [-0.39, 0.29) is 5.91 Å². The summed E-state index contributed by atoms with van der Waals surface area (Å²) in [5.41, 5.74) is 8.48. The highest BCUT2D eigenvalue weighted by Crippen LogP contribution is 2.32. The van der Waals surface area contributed by atoms with Crippen LogP contribution in [0.25, 0.3) is 11.1 Å². The molecule has 0 radical (unpaired) electrons. The van der Waals surface area contributed by atoms with E-state index in [1.807, 2.05) is 29.4 Å². The van der Waals surface area contributed by atoms with E-state index >= 15 is 0 Å². The molecular formula is C24H24N2O. The summed E-state index contributed by atoms with van der Waals surface area (Å²) in [7, 11) is 0. The predicted octanol–water partition coefficient (Wildman–Crippen LogP) is 4.89. The van der Waals surface area contributed by atoms with Crippen molar-refractivity contribution in [3.8, 4) is 11.1 Å². The van der Waals surface area contributed by atoms with Crippen molar-refractivity contribution in [2.24, 2.45) is 0 Å². The zero-order valence-corrected chi connectivity index (χ0v) is 15.9. The number of carbonyl (C=O) groups excluding carboxylic acids is 1. The largest absolute Gasteiger partial charge is 0.312 e. The van der Waals surface area contributed by atoms with Crippen LogP contribution in [0, 0.1) is 13.8 Å². The third-order valence-corrected chi connectivity index (χ3v) is 5.49. The van der Waals surface area contributed by atoms with Crippen molar-refractivity contribution in [3.63, 3.8) is 0 Å². The molecule has 0 N–H and O–H groups in total. The van der Waals surface area contributed by atoms with Gasteiger partial charge in [-0.15, -0.1) is 0 Å². The highest BCUT2D eigenvalue weighted by molar-refractivity contribution is 5.96. The van der Waals surface area contributed by atoms with E-state index in [2.05, 4.69) is 55.2 Å². The number of anilines is 1. The Bertz CT molecular complexity index is 979. The van der Waals surface area contributed by atoms with Crippen molar-refractivity contribution in [1.82, 2.24) is 4.98 Å². The van der Waals surface area contributed by atoms with Gasteiger partial charge in [-0.1, -0.05) is 24.3 Å². The smallest absolute Gasteiger partial charge is 0.227 e. The van der Waals surface area contributed by atoms with E-state index in [9.17, 15) is 4.79 Å². The lowest BCUT2D eigenvalue weighted by Crippen LogP contribution is -2.29. The minimum absolute atomic E-state index is 0.212. The zero-order chi connectivity index (χ0) is 18.8. The molecule has 1 aliphatic heterocycles. The first-order chi connectivity index (χ1) is 13.1. The molecule has 0 aliphatic carbocycles. The van der Waals surface area contributed by atoms with Gasteiger partial charge in [0.2, 0.25) is 5.91 Å². The van der Waals surface area contributed by atoms with Gasteiger partial charge in [0.05, 0.1) is 0 Å². The Morgan fingerprint density at radius 1 is 0.963 bits per heavy atom. The van der Waals surface area contributed by atoms with Crippen LogP contribution in [0.1, 0.15) is 28.7 Å². The Hall–Kier alpha value is -2.94. The van der Waals surface area contributed by atoms with Gasteiger partial charge in [-0.05, 0) is 84.3 Å². The summed E-state index contributed by atoms with van der Waals surface area (Å²) < 4.78 is 0. The molecule has 0 unspecified atom stereocenters. The maximum Gasteiger partial charge on any atom is 0.227 e. The summed E-state index contributed by atoms with van der Waals surface area (Å²) in [6.45, 7) is 5.02. The number of pyridine rings is 1. The molecule has 3 heteroatoms. The SMILES string of the molecule is Cc1ccc(CCC(=O)N2CCc3cc(-c4ccncc4)ccc32)cc1C. The molecule has 0 atom stereocenters. The number of hydrogen-bond acceptors (Lipinski definition) is 2. The van der Waals surface area contributed by atoms with Gasteiger partial charge in [-0.3, -0.25) is 9.78 Å². The molecule has 4 rings (SSSR count). The topological polar surface area (TPSA) is 33.2 Å². The van der Waals surface area contributed by atoms with Crippen LogP contribution in [0.3, 0.4) is 0 Å². The van der Waals surface area contributed by atoms with Gasteiger partial charge in [0, 0.05) is 31.0 Å². The van der Waals surface area contributed by atoms with E-state index in [0.29, 0.717) is 6.42 Å². The molecule has 0 bridgehead atoms. The summed E-state index contributed by atoms with van der Waals surface area (Å²) in [6, 6.07) is 16.9. The van der Waals surface area contributed by atoms with Gasteiger partial charge >= 0.3 is 0 Å². The van der Waals surface area contributed by atoms with Gasteiger partial charge < -0.3 is 4.90 Å². The van der Waals surface area contributed by atoms with Crippen LogP contribution in [-0.2, 0) is 17.6 Å². The highest BCUT2D eigenvalue weighted by atomic mass is 16.2. The van der Waals surface area contributed by atoms with Gasteiger partial charge in [0.15, 0.2) is 0 Å². The molecule has 0 saturated heterocycles. The fourth-order valence-electron chi connectivity index (χ4n) is 3.73. The second-order valence-electron chi connectivity index (χ2n) is 7.29. The van der Waals surface area contributed by atoms with Crippen LogP contribution in [0.5, 0.6) is 0 Å². The normalized spacial score (nSPS) is 12.9. The van der Waals surface area contributed by atoms with Crippen molar-refractivity contribution in [1.29, 1.82) is 0 Å². The first-order valence-electron chi connectivity index (χ1n) is 9.51. The quantitative estimate of drug-likeness (QED) is 0.667. The van der Waals surface area contributed by atoms with E-state index in [1.165, 1.54) is 27.8 Å². The Labute approximate surface area is 160 Å². The number of aromatic nitrogens is 1. The molecular weight excluding hydrogens is 332 g/mol. The lowest BCUT2D eigenvalue weighted by Gasteiger charge is -2.18. The molecule has 2 heterocycles. The Morgan fingerprint density at radius 3 is 2.56 bits per heavy atom. The number of carbonyl (C=O) groups is 1. The van der Waals surface area contributed by atoms with Crippen molar-refractivity contribution in [3.05, 3.63) is 83.2 Å².